The standard InChI is InChI=1S/C15H32N4O/c1-5-13(4)18-15(16)17-11-14(10-12(2)3)19-6-8-20-9-7-19/h12-14H,5-11H2,1-4H3,(H3,16,17,18). The fraction of sp³-hybridized carbons (Fsp3) is 0.933. The molecule has 2 unspecified atom stereocenters. The molecule has 0 aromatic heterocycles. The minimum absolute atomic E-state index is 0.380. The summed E-state index contributed by atoms with van der Waals surface area (Å²) in [5, 5.41) is 3.23. The lowest BCUT2D eigenvalue weighted by atomic mass is 10.0. The van der Waals surface area contributed by atoms with Crippen LogP contribution in [0.25, 0.3) is 0 Å². The molecule has 5 heteroatoms. The normalized spacial score (nSPS) is 20.9. The van der Waals surface area contributed by atoms with Gasteiger partial charge in [0.1, 0.15) is 0 Å². The van der Waals surface area contributed by atoms with E-state index in [1.165, 1.54) is 0 Å². The number of hydrogen-bond acceptors (Lipinski definition) is 3. The van der Waals surface area contributed by atoms with E-state index in [1.807, 2.05) is 0 Å². The maximum Gasteiger partial charge on any atom is 0.188 e. The molecular weight excluding hydrogens is 252 g/mol. The number of nitrogens with two attached hydrogens (primary N) is 1. The van der Waals surface area contributed by atoms with E-state index in [0.717, 1.165) is 45.7 Å². The van der Waals surface area contributed by atoms with Crippen molar-refractivity contribution in [2.75, 3.05) is 32.8 Å². The van der Waals surface area contributed by atoms with Crippen LogP contribution in [0.1, 0.15) is 40.5 Å². The van der Waals surface area contributed by atoms with Crippen molar-refractivity contribution < 1.29 is 4.74 Å². The van der Waals surface area contributed by atoms with Crippen molar-refractivity contribution in [3.8, 4) is 0 Å². The van der Waals surface area contributed by atoms with Crippen LogP contribution >= 0.6 is 0 Å². The molecule has 0 aliphatic carbocycles. The first-order valence-corrected chi connectivity index (χ1v) is 7.91. The van der Waals surface area contributed by atoms with Gasteiger partial charge in [-0.2, -0.15) is 0 Å². The second-order valence-corrected chi connectivity index (χ2v) is 6.11. The quantitative estimate of drug-likeness (QED) is 0.548. The summed E-state index contributed by atoms with van der Waals surface area (Å²) in [5.41, 5.74) is 5.95. The highest BCUT2D eigenvalue weighted by atomic mass is 16.5. The lowest BCUT2D eigenvalue weighted by Crippen LogP contribution is -2.46. The smallest absolute Gasteiger partial charge is 0.188 e. The lowest BCUT2D eigenvalue weighted by molar-refractivity contribution is 0.0143. The van der Waals surface area contributed by atoms with E-state index < -0.39 is 0 Å². The summed E-state index contributed by atoms with van der Waals surface area (Å²) in [5.74, 6) is 1.24. The Morgan fingerprint density at radius 2 is 1.95 bits per heavy atom. The average Bonchev–Trinajstić information content (AvgIpc) is 2.43. The van der Waals surface area contributed by atoms with Gasteiger partial charge in [-0.25, -0.2) is 0 Å². The van der Waals surface area contributed by atoms with Gasteiger partial charge < -0.3 is 15.8 Å². The van der Waals surface area contributed by atoms with Crippen molar-refractivity contribution in [2.24, 2.45) is 16.6 Å². The third-order valence-corrected chi connectivity index (χ3v) is 3.78. The Labute approximate surface area is 124 Å². The van der Waals surface area contributed by atoms with E-state index in [1.54, 1.807) is 0 Å². The molecule has 1 rings (SSSR count). The highest BCUT2D eigenvalue weighted by Gasteiger charge is 2.21. The van der Waals surface area contributed by atoms with E-state index in [9.17, 15) is 0 Å². The molecule has 0 spiro atoms. The summed E-state index contributed by atoms with van der Waals surface area (Å²) in [7, 11) is 0. The van der Waals surface area contributed by atoms with Crippen LogP contribution in [0.2, 0.25) is 0 Å². The molecule has 1 heterocycles. The molecule has 0 aromatic carbocycles. The fourth-order valence-corrected chi connectivity index (χ4v) is 2.43. The Morgan fingerprint density at radius 1 is 1.30 bits per heavy atom. The minimum Gasteiger partial charge on any atom is -0.379 e. The van der Waals surface area contributed by atoms with Crippen molar-refractivity contribution in [2.45, 2.75) is 52.6 Å². The summed E-state index contributed by atoms with van der Waals surface area (Å²) < 4.78 is 5.43. The van der Waals surface area contributed by atoms with Gasteiger partial charge in [0.15, 0.2) is 5.96 Å². The monoisotopic (exact) mass is 284 g/mol. The van der Waals surface area contributed by atoms with Gasteiger partial charge in [-0.1, -0.05) is 20.8 Å². The number of morpholine rings is 1. The zero-order chi connectivity index (χ0) is 15.0. The highest BCUT2D eigenvalue weighted by Crippen LogP contribution is 2.13. The van der Waals surface area contributed by atoms with Gasteiger partial charge in [0.2, 0.25) is 0 Å². The predicted octanol–water partition coefficient (Wildman–Crippen LogP) is 1.44. The van der Waals surface area contributed by atoms with E-state index in [2.05, 4.69) is 42.9 Å². The van der Waals surface area contributed by atoms with Gasteiger partial charge in [0.05, 0.1) is 19.8 Å². The van der Waals surface area contributed by atoms with Gasteiger partial charge >= 0.3 is 0 Å². The number of aliphatic imine (C=N–C) groups is 1. The summed E-state index contributed by atoms with van der Waals surface area (Å²) >= 11 is 0. The zero-order valence-electron chi connectivity index (χ0n) is 13.6. The molecule has 5 nitrogen and oxygen atoms in total. The van der Waals surface area contributed by atoms with Crippen molar-refractivity contribution in [3.63, 3.8) is 0 Å². The molecule has 0 aromatic rings. The van der Waals surface area contributed by atoms with Crippen LogP contribution < -0.4 is 11.1 Å². The van der Waals surface area contributed by atoms with E-state index in [0.29, 0.717) is 24.0 Å². The number of nitrogens with zero attached hydrogens (tertiary/aromatic N) is 2. The molecule has 20 heavy (non-hydrogen) atoms. The van der Waals surface area contributed by atoms with E-state index >= 15 is 0 Å². The lowest BCUT2D eigenvalue weighted by Gasteiger charge is -2.34. The third kappa shape index (κ3) is 6.57. The van der Waals surface area contributed by atoms with Crippen LogP contribution in [-0.2, 0) is 4.74 Å². The van der Waals surface area contributed by atoms with Crippen molar-refractivity contribution >= 4 is 5.96 Å². The molecule has 0 bridgehead atoms. The van der Waals surface area contributed by atoms with Crippen molar-refractivity contribution in [3.05, 3.63) is 0 Å². The maximum absolute atomic E-state index is 5.95. The largest absolute Gasteiger partial charge is 0.379 e. The summed E-state index contributed by atoms with van der Waals surface area (Å²) in [6.45, 7) is 13.2. The van der Waals surface area contributed by atoms with Crippen LogP contribution in [0, 0.1) is 5.92 Å². The molecule has 1 fully saturated rings. The second-order valence-electron chi connectivity index (χ2n) is 6.11. The SMILES string of the molecule is CCC(C)NC(N)=NCC(CC(C)C)N1CCOCC1. The zero-order valence-corrected chi connectivity index (χ0v) is 13.6. The molecular formula is C15H32N4O. The van der Waals surface area contributed by atoms with Gasteiger partial charge in [-0.3, -0.25) is 9.89 Å². The van der Waals surface area contributed by atoms with E-state index in [4.69, 9.17) is 10.5 Å². The Hall–Kier alpha value is -0.810. The van der Waals surface area contributed by atoms with E-state index in [-0.39, 0.29) is 0 Å². The molecule has 2 atom stereocenters. The second kappa shape index (κ2) is 9.19. The Morgan fingerprint density at radius 3 is 2.50 bits per heavy atom. The molecule has 118 valence electrons. The maximum atomic E-state index is 5.95. The Bertz CT molecular complexity index is 288. The number of rotatable bonds is 7. The van der Waals surface area contributed by atoms with Crippen molar-refractivity contribution in [1.82, 2.24) is 10.2 Å². The van der Waals surface area contributed by atoms with Gasteiger partial charge in [-0.15, -0.1) is 0 Å². The Kier molecular flexibility index (Phi) is 7.92. The minimum atomic E-state index is 0.380. The first kappa shape index (κ1) is 17.2. The molecule has 1 aliphatic heterocycles. The average molecular weight is 284 g/mol. The first-order chi connectivity index (χ1) is 9.52. The van der Waals surface area contributed by atoms with Crippen LogP contribution in [0.15, 0.2) is 4.99 Å². The summed E-state index contributed by atoms with van der Waals surface area (Å²) in [4.78, 5) is 7.03. The summed E-state index contributed by atoms with van der Waals surface area (Å²) in [6.07, 6.45) is 2.20. The molecule has 1 saturated heterocycles. The number of guanidine groups is 1. The number of hydrogen-bond donors (Lipinski definition) is 2. The van der Waals surface area contributed by atoms with Gasteiger partial charge in [0, 0.05) is 25.2 Å². The van der Waals surface area contributed by atoms with Crippen LogP contribution in [0.5, 0.6) is 0 Å². The third-order valence-electron chi connectivity index (χ3n) is 3.78. The molecule has 1 aliphatic rings. The number of ether oxygens (including phenoxy) is 1. The van der Waals surface area contributed by atoms with Crippen LogP contribution in [0.4, 0.5) is 0 Å². The summed E-state index contributed by atoms with van der Waals surface area (Å²) in [6, 6.07) is 0.849. The fourth-order valence-electron chi connectivity index (χ4n) is 2.43. The van der Waals surface area contributed by atoms with Crippen LogP contribution in [0.3, 0.4) is 0 Å². The first-order valence-electron chi connectivity index (χ1n) is 7.91. The van der Waals surface area contributed by atoms with Gasteiger partial charge in [-0.05, 0) is 25.7 Å². The van der Waals surface area contributed by atoms with Crippen LogP contribution in [-0.4, -0.2) is 55.8 Å². The van der Waals surface area contributed by atoms with Crippen molar-refractivity contribution in [1.29, 1.82) is 0 Å². The molecule has 0 amide bonds. The molecule has 0 radical (unpaired) electrons. The molecule has 3 N–H and O–H groups in total. The topological polar surface area (TPSA) is 62.9 Å². The molecule has 0 saturated carbocycles. The Balaban J connectivity index is 2.52. The van der Waals surface area contributed by atoms with Gasteiger partial charge in [0.25, 0.3) is 0 Å². The number of nitrogens with one attached hydrogen (secondary N) is 1. The predicted molar refractivity (Wildman–Crippen MR) is 85.0 cm³/mol. The highest BCUT2D eigenvalue weighted by molar-refractivity contribution is 5.78.